The highest BCUT2D eigenvalue weighted by molar-refractivity contribution is 7.12. The molecular weight excluding hydrogens is 426 g/mol. The molecule has 1 unspecified atom stereocenters. The predicted molar refractivity (Wildman–Crippen MR) is 124 cm³/mol. The Bertz CT molecular complexity index is 1070. The summed E-state index contributed by atoms with van der Waals surface area (Å²) in [6.07, 6.45) is 7.40. The summed E-state index contributed by atoms with van der Waals surface area (Å²) >= 11 is 1.30. The van der Waals surface area contributed by atoms with Crippen LogP contribution in [-0.2, 0) is 20.7 Å². The Hall–Kier alpha value is -3.13. The average molecular weight is 454 g/mol. The van der Waals surface area contributed by atoms with Gasteiger partial charge in [0.15, 0.2) is 6.61 Å². The molecule has 32 heavy (non-hydrogen) atoms. The van der Waals surface area contributed by atoms with Crippen molar-refractivity contribution >= 4 is 40.0 Å². The number of aromatic amines is 1. The van der Waals surface area contributed by atoms with Crippen LogP contribution in [0.15, 0.2) is 48.0 Å². The molecule has 0 radical (unpaired) electrons. The van der Waals surface area contributed by atoms with Crippen LogP contribution >= 0.6 is 11.3 Å². The maximum absolute atomic E-state index is 12.9. The molecule has 168 valence electrons. The Morgan fingerprint density at radius 2 is 1.91 bits per heavy atom. The van der Waals surface area contributed by atoms with E-state index in [1.807, 2.05) is 30.5 Å². The fourth-order valence-corrected chi connectivity index (χ4v) is 4.73. The minimum Gasteiger partial charge on any atom is -0.454 e. The van der Waals surface area contributed by atoms with Crippen LogP contribution in [0.2, 0.25) is 0 Å². The second-order valence-corrected chi connectivity index (χ2v) is 9.02. The third kappa shape index (κ3) is 5.56. The third-order valence-corrected chi connectivity index (χ3v) is 6.62. The van der Waals surface area contributed by atoms with Crippen molar-refractivity contribution in [1.82, 2.24) is 15.6 Å². The number of fused-ring (bicyclic) bond motifs is 1. The van der Waals surface area contributed by atoms with E-state index < -0.39 is 12.0 Å². The molecule has 1 atom stereocenters. The van der Waals surface area contributed by atoms with Gasteiger partial charge in [-0.3, -0.25) is 9.59 Å². The predicted octanol–water partition coefficient (Wildman–Crippen LogP) is 3.56. The van der Waals surface area contributed by atoms with Crippen LogP contribution in [0.3, 0.4) is 0 Å². The average Bonchev–Trinajstić information content (AvgIpc) is 3.48. The van der Waals surface area contributed by atoms with Crippen LogP contribution < -0.4 is 10.6 Å². The summed E-state index contributed by atoms with van der Waals surface area (Å²) < 4.78 is 5.31. The van der Waals surface area contributed by atoms with Gasteiger partial charge in [-0.1, -0.05) is 43.5 Å². The van der Waals surface area contributed by atoms with Gasteiger partial charge in [0.05, 0.1) is 4.88 Å². The summed E-state index contributed by atoms with van der Waals surface area (Å²) in [6.45, 7) is -0.353. The minimum atomic E-state index is -0.911. The van der Waals surface area contributed by atoms with E-state index >= 15 is 0 Å². The second kappa shape index (κ2) is 10.5. The Balaban J connectivity index is 1.42. The number of esters is 1. The molecule has 2 heterocycles. The number of ether oxygens (including phenoxy) is 1. The van der Waals surface area contributed by atoms with Gasteiger partial charge in [0, 0.05) is 29.6 Å². The van der Waals surface area contributed by atoms with Gasteiger partial charge in [-0.25, -0.2) is 4.79 Å². The molecule has 7 nitrogen and oxygen atoms in total. The molecule has 0 aliphatic heterocycles. The highest BCUT2D eigenvalue weighted by Crippen LogP contribution is 2.20. The Morgan fingerprint density at radius 3 is 2.69 bits per heavy atom. The zero-order chi connectivity index (χ0) is 22.3. The summed E-state index contributed by atoms with van der Waals surface area (Å²) in [7, 11) is 0. The van der Waals surface area contributed by atoms with Gasteiger partial charge in [-0.15, -0.1) is 11.3 Å². The number of H-pyrrole nitrogens is 1. The lowest BCUT2D eigenvalue weighted by Crippen LogP contribution is -2.45. The normalized spacial score (nSPS) is 15.2. The highest BCUT2D eigenvalue weighted by atomic mass is 32.1. The number of aromatic nitrogens is 1. The highest BCUT2D eigenvalue weighted by Gasteiger charge is 2.26. The van der Waals surface area contributed by atoms with Gasteiger partial charge in [0.25, 0.3) is 11.8 Å². The van der Waals surface area contributed by atoms with E-state index in [-0.39, 0.29) is 30.9 Å². The van der Waals surface area contributed by atoms with Gasteiger partial charge in [0.1, 0.15) is 6.04 Å². The van der Waals surface area contributed by atoms with Crippen molar-refractivity contribution < 1.29 is 19.1 Å². The van der Waals surface area contributed by atoms with Crippen molar-refractivity contribution in [3.8, 4) is 0 Å². The number of rotatable bonds is 8. The minimum absolute atomic E-state index is 0.149. The molecule has 1 aliphatic carbocycles. The van der Waals surface area contributed by atoms with Crippen LogP contribution in [0, 0.1) is 0 Å². The lowest BCUT2D eigenvalue weighted by Gasteiger charge is -2.23. The quantitative estimate of drug-likeness (QED) is 0.454. The molecule has 1 saturated carbocycles. The monoisotopic (exact) mass is 453 g/mol. The van der Waals surface area contributed by atoms with E-state index in [2.05, 4.69) is 15.6 Å². The number of benzene rings is 1. The van der Waals surface area contributed by atoms with Gasteiger partial charge in [0.2, 0.25) is 0 Å². The largest absolute Gasteiger partial charge is 0.454 e. The summed E-state index contributed by atoms with van der Waals surface area (Å²) in [5, 5.41) is 8.50. The number of hydrogen-bond acceptors (Lipinski definition) is 5. The molecule has 0 bridgehead atoms. The van der Waals surface area contributed by atoms with Crippen LogP contribution in [-0.4, -0.2) is 41.5 Å². The van der Waals surface area contributed by atoms with Crippen molar-refractivity contribution in [2.45, 2.75) is 50.6 Å². The first kappa shape index (κ1) is 22.1. The summed E-state index contributed by atoms with van der Waals surface area (Å²) in [6, 6.07) is 10.5. The van der Waals surface area contributed by atoms with Crippen molar-refractivity contribution in [3.05, 3.63) is 58.4 Å². The number of hydrogen-bond donors (Lipinski definition) is 3. The Kier molecular flexibility index (Phi) is 7.21. The standard InChI is InChI=1S/C24H27N3O4S/c28-22(26-17-7-2-1-3-8-17)15-31-24(30)20(27-23(29)21-11-6-12-32-21)13-16-14-25-19-10-5-4-9-18(16)19/h4-6,9-12,14,17,20,25H,1-3,7-8,13,15H2,(H,26,28)(H,27,29). The summed E-state index contributed by atoms with van der Waals surface area (Å²) in [5.74, 6) is -1.27. The molecular formula is C24H27N3O4S. The van der Waals surface area contributed by atoms with Gasteiger partial charge >= 0.3 is 5.97 Å². The van der Waals surface area contributed by atoms with Crippen molar-refractivity contribution in [2.24, 2.45) is 0 Å². The molecule has 3 N–H and O–H groups in total. The van der Waals surface area contributed by atoms with Crippen LogP contribution in [0.4, 0.5) is 0 Å². The van der Waals surface area contributed by atoms with E-state index in [1.54, 1.807) is 17.5 Å². The number of carbonyl (C=O) groups excluding carboxylic acids is 3. The smallest absolute Gasteiger partial charge is 0.329 e. The number of para-hydroxylation sites is 1. The second-order valence-electron chi connectivity index (χ2n) is 8.08. The molecule has 0 saturated heterocycles. The molecule has 2 aromatic heterocycles. The topological polar surface area (TPSA) is 100 Å². The van der Waals surface area contributed by atoms with E-state index in [0.29, 0.717) is 4.88 Å². The van der Waals surface area contributed by atoms with E-state index in [1.165, 1.54) is 17.8 Å². The first-order valence-electron chi connectivity index (χ1n) is 11.0. The number of amides is 2. The fraction of sp³-hybridized carbons (Fsp3) is 0.375. The van der Waals surface area contributed by atoms with Gasteiger partial charge in [-0.2, -0.15) is 0 Å². The number of carbonyl (C=O) groups is 3. The fourth-order valence-electron chi connectivity index (χ4n) is 4.10. The van der Waals surface area contributed by atoms with Gasteiger partial charge in [-0.05, 0) is 35.9 Å². The lowest BCUT2D eigenvalue weighted by molar-refractivity contribution is -0.150. The summed E-state index contributed by atoms with van der Waals surface area (Å²) in [4.78, 5) is 41.5. The molecule has 2 amide bonds. The first-order valence-corrected chi connectivity index (χ1v) is 11.8. The number of thiophene rings is 1. The molecule has 8 heteroatoms. The van der Waals surface area contributed by atoms with Gasteiger partial charge < -0.3 is 20.4 Å². The Labute approximate surface area is 190 Å². The summed E-state index contributed by atoms with van der Waals surface area (Å²) in [5.41, 5.74) is 1.84. The zero-order valence-corrected chi connectivity index (χ0v) is 18.6. The van der Waals surface area contributed by atoms with Crippen LogP contribution in [0.25, 0.3) is 10.9 Å². The molecule has 1 aliphatic rings. The van der Waals surface area contributed by atoms with Crippen LogP contribution in [0.5, 0.6) is 0 Å². The lowest BCUT2D eigenvalue weighted by atomic mass is 9.95. The zero-order valence-electron chi connectivity index (χ0n) is 17.8. The first-order chi connectivity index (χ1) is 15.6. The maximum atomic E-state index is 12.9. The van der Waals surface area contributed by atoms with E-state index in [9.17, 15) is 14.4 Å². The molecule has 4 rings (SSSR count). The molecule has 1 aromatic carbocycles. The van der Waals surface area contributed by atoms with E-state index in [0.717, 1.165) is 42.1 Å². The third-order valence-electron chi connectivity index (χ3n) is 5.75. The van der Waals surface area contributed by atoms with Crippen molar-refractivity contribution in [2.75, 3.05) is 6.61 Å². The molecule has 0 spiro atoms. The molecule has 3 aromatic rings. The Morgan fingerprint density at radius 1 is 1.09 bits per heavy atom. The number of nitrogens with one attached hydrogen (secondary N) is 3. The molecule has 1 fully saturated rings. The SMILES string of the molecule is O=C(COC(=O)C(Cc1c[nH]c2ccccc12)NC(=O)c1cccs1)NC1CCCCC1. The van der Waals surface area contributed by atoms with E-state index in [4.69, 9.17) is 4.74 Å². The maximum Gasteiger partial charge on any atom is 0.329 e. The van der Waals surface area contributed by atoms with Crippen molar-refractivity contribution in [1.29, 1.82) is 0 Å². The van der Waals surface area contributed by atoms with Crippen molar-refractivity contribution in [3.63, 3.8) is 0 Å². The van der Waals surface area contributed by atoms with Crippen LogP contribution in [0.1, 0.15) is 47.3 Å².